The van der Waals surface area contributed by atoms with E-state index < -0.39 is 11.6 Å². The van der Waals surface area contributed by atoms with Crippen molar-refractivity contribution in [3.8, 4) is 11.1 Å². The van der Waals surface area contributed by atoms with Crippen molar-refractivity contribution in [1.29, 1.82) is 0 Å². The Balaban J connectivity index is 1.46. The van der Waals surface area contributed by atoms with Gasteiger partial charge in [0.2, 0.25) is 0 Å². The topological polar surface area (TPSA) is 0 Å². The normalized spacial score (nSPS) is 26.0. The summed E-state index contributed by atoms with van der Waals surface area (Å²) in [5.74, 6) is 0.939. The van der Waals surface area contributed by atoms with Crippen molar-refractivity contribution < 1.29 is 8.78 Å². The van der Waals surface area contributed by atoms with Gasteiger partial charge in [-0.3, -0.25) is 0 Å². The van der Waals surface area contributed by atoms with Crippen LogP contribution in [-0.2, 0) is 6.42 Å². The highest BCUT2D eigenvalue weighted by molar-refractivity contribution is 5.65. The van der Waals surface area contributed by atoms with Gasteiger partial charge in [0, 0.05) is 5.56 Å². The van der Waals surface area contributed by atoms with Gasteiger partial charge in [-0.1, -0.05) is 60.7 Å². The van der Waals surface area contributed by atoms with E-state index >= 15 is 8.78 Å². The van der Waals surface area contributed by atoms with Gasteiger partial charge in [-0.05, 0) is 106 Å². The molecule has 2 aliphatic rings. The number of fused-ring (bicyclic) bond motifs is 1. The molecule has 4 rings (SSSR count). The van der Waals surface area contributed by atoms with Gasteiger partial charge >= 0.3 is 0 Å². The zero-order valence-corrected chi connectivity index (χ0v) is 19.5. The minimum Gasteiger partial charge on any atom is -0.203 e. The van der Waals surface area contributed by atoms with E-state index in [4.69, 9.17) is 0 Å². The molecular weight excluding hydrogens is 398 g/mol. The molecule has 0 aromatic heterocycles. The molecule has 0 heterocycles. The van der Waals surface area contributed by atoms with E-state index in [1.807, 2.05) is 37.3 Å². The molecule has 2 heteroatoms. The maximum Gasteiger partial charge on any atom is 0.166 e. The Labute approximate surface area is 192 Å². The fourth-order valence-electron chi connectivity index (χ4n) is 6.03. The van der Waals surface area contributed by atoms with Crippen molar-refractivity contribution in [2.75, 3.05) is 0 Å². The quantitative estimate of drug-likeness (QED) is 0.398. The van der Waals surface area contributed by atoms with Gasteiger partial charge in [0.05, 0.1) is 0 Å². The van der Waals surface area contributed by atoms with Gasteiger partial charge in [-0.15, -0.1) is 0 Å². The molecule has 0 bridgehead atoms. The Morgan fingerprint density at radius 2 is 1.56 bits per heavy atom. The van der Waals surface area contributed by atoms with Crippen LogP contribution in [-0.4, -0.2) is 0 Å². The van der Waals surface area contributed by atoms with Crippen molar-refractivity contribution in [3.05, 3.63) is 83.5 Å². The van der Waals surface area contributed by atoms with Gasteiger partial charge in [-0.25, -0.2) is 8.78 Å². The number of aryl methyl sites for hydroxylation is 1. The summed E-state index contributed by atoms with van der Waals surface area (Å²) in [6, 6.07) is 11.5. The molecule has 32 heavy (non-hydrogen) atoms. The molecule has 0 spiro atoms. The number of benzene rings is 2. The Bertz CT molecular complexity index is 954. The lowest BCUT2D eigenvalue weighted by molar-refractivity contribution is 0.132. The number of allylic oxidation sites excluding steroid dienone is 4. The van der Waals surface area contributed by atoms with Crippen LogP contribution in [0.4, 0.5) is 8.78 Å². The summed E-state index contributed by atoms with van der Waals surface area (Å²) in [7, 11) is 0. The highest BCUT2D eigenvalue weighted by Crippen LogP contribution is 2.48. The third kappa shape index (κ3) is 5.05. The molecule has 170 valence electrons. The van der Waals surface area contributed by atoms with Crippen LogP contribution < -0.4 is 0 Å². The van der Waals surface area contributed by atoms with Crippen LogP contribution in [0.2, 0.25) is 0 Å². The smallest absolute Gasteiger partial charge is 0.166 e. The zero-order valence-electron chi connectivity index (χ0n) is 19.5. The summed E-state index contributed by atoms with van der Waals surface area (Å²) in [6.45, 7) is 4.12. The summed E-state index contributed by atoms with van der Waals surface area (Å²) in [5, 5.41) is 0. The van der Waals surface area contributed by atoms with Crippen molar-refractivity contribution in [2.45, 2.75) is 71.1 Å². The highest BCUT2D eigenvalue weighted by atomic mass is 19.2. The molecule has 0 radical (unpaired) electrons. The molecule has 0 amide bonds. The van der Waals surface area contributed by atoms with Crippen molar-refractivity contribution in [2.24, 2.45) is 17.8 Å². The van der Waals surface area contributed by atoms with E-state index in [9.17, 15) is 0 Å². The first-order valence-corrected chi connectivity index (χ1v) is 12.4. The first-order chi connectivity index (χ1) is 15.6. The van der Waals surface area contributed by atoms with Crippen LogP contribution in [0.3, 0.4) is 0 Å². The summed E-state index contributed by atoms with van der Waals surface area (Å²) >= 11 is 0. The minimum absolute atomic E-state index is 0.145. The maximum atomic E-state index is 15.2. The highest BCUT2D eigenvalue weighted by Gasteiger charge is 2.36. The minimum atomic E-state index is -0.692. The first kappa shape index (κ1) is 23.0. The molecule has 2 aliphatic carbocycles. The van der Waals surface area contributed by atoms with Crippen molar-refractivity contribution in [1.82, 2.24) is 0 Å². The molecule has 2 aromatic carbocycles. The molecule has 4 atom stereocenters. The van der Waals surface area contributed by atoms with Crippen LogP contribution in [0, 0.1) is 29.4 Å². The van der Waals surface area contributed by atoms with Gasteiger partial charge in [-0.2, -0.15) is 0 Å². The standard InChI is InChI=1S/C30H36F2/c1-3-5-6-8-21-9-12-23(13-10-21)27-17-18-28(30(32)29(27)31)26-16-15-24-19-22(7-4-2)11-14-25(24)20-26/h3-5,7,9-10,12-13,17-18,22,24-26H,6,8,11,14-16,19-20H2,1-2H3/b5-3+,7-4+. The largest absolute Gasteiger partial charge is 0.203 e. The van der Waals surface area contributed by atoms with E-state index in [0.717, 1.165) is 43.6 Å². The van der Waals surface area contributed by atoms with Gasteiger partial charge in [0.15, 0.2) is 11.6 Å². The zero-order chi connectivity index (χ0) is 22.5. The van der Waals surface area contributed by atoms with Crippen molar-refractivity contribution in [3.63, 3.8) is 0 Å². The second-order valence-electron chi connectivity index (χ2n) is 9.76. The maximum absolute atomic E-state index is 15.2. The second-order valence-corrected chi connectivity index (χ2v) is 9.76. The van der Waals surface area contributed by atoms with Gasteiger partial charge in [0.25, 0.3) is 0 Å². The van der Waals surface area contributed by atoms with Crippen LogP contribution in [0.5, 0.6) is 0 Å². The Morgan fingerprint density at radius 1 is 0.812 bits per heavy atom. The molecular formula is C30H36F2. The number of halogens is 2. The van der Waals surface area contributed by atoms with E-state index in [1.165, 1.54) is 24.8 Å². The van der Waals surface area contributed by atoms with Crippen LogP contribution >= 0.6 is 0 Å². The predicted molar refractivity (Wildman–Crippen MR) is 131 cm³/mol. The molecule has 0 aliphatic heterocycles. The fourth-order valence-corrected chi connectivity index (χ4v) is 6.03. The monoisotopic (exact) mass is 434 g/mol. The molecule has 4 unspecified atom stereocenters. The van der Waals surface area contributed by atoms with Gasteiger partial charge in [0.1, 0.15) is 0 Å². The Hall–Kier alpha value is -2.22. The van der Waals surface area contributed by atoms with E-state index in [-0.39, 0.29) is 5.92 Å². The lowest BCUT2D eigenvalue weighted by Gasteiger charge is -2.42. The molecule has 0 nitrogen and oxygen atoms in total. The lowest BCUT2D eigenvalue weighted by Crippen LogP contribution is -2.30. The third-order valence-corrected chi connectivity index (χ3v) is 7.77. The molecule has 2 aromatic rings. The predicted octanol–water partition coefficient (Wildman–Crippen LogP) is 9.02. The lowest BCUT2D eigenvalue weighted by atomic mass is 9.64. The van der Waals surface area contributed by atoms with Crippen molar-refractivity contribution >= 4 is 0 Å². The van der Waals surface area contributed by atoms with Crippen LogP contribution in [0.1, 0.15) is 75.8 Å². The molecule has 0 N–H and O–H groups in total. The van der Waals surface area contributed by atoms with Gasteiger partial charge < -0.3 is 0 Å². The summed E-state index contributed by atoms with van der Waals surface area (Å²) < 4.78 is 30.3. The van der Waals surface area contributed by atoms with Crippen LogP contribution in [0.15, 0.2) is 60.7 Å². The molecule has 2 fully saturated rings. The number of hydrogen-bond donors (Lipinski definition) is 0. The summed E-state index contributed by atoms with van der Waals surface area (Å²) in [6.07, 6.45) is 17.5. The van der Waals surface area contributed by atoms with E-state index in [0.29, 0.717) is 23.0 Å². The number of rotatable bonds is 6. The first-order valence-electron chi connectivity index (χ1n) is 12.4. The Kier molecular flexibility index (Phi) is 7.60. The van der Waals surface area contributed by atoms with E-state index in [1.54, 1.807) is 6.07 Å². The second kappa shape index (κ2) is 10.6. The average Bonchev–Trinajstić information content (AvgIpc) is 2.81. The summed E-state index contributed by atoms with van der Waals surface area (Å²) in [4.78, 5) is 0. The number of hydrogen-bond acceptors (Lipinski definition) is 0. The molecule has 2 saturated carbocycles. The van der Waals surface area contributed by atoms with Crippen LogP contribution in [0.25, 0.3) is 11.1 Å². The SMILES string of the molecule is C/C=C/CCc1ccc(-c2ccc(C3CCC4CC(/C=C/C)CCC4C3)c(F)c2F)cc1. The third-order valence-electron chi connectivity index (χ3n) is 7.77. The summed E-state index contributed by atoms with van der Waals surface area (Å²) in [5.41, 5.74) is 2.91. The Morgan fingerprint density at radius 3 is 2.31 bits per heavy atom. The fraction of sp³-hybridized carbons (Fsp3) is 0.467. The molecule has 0 saturated heterocycles. The average molecular weight is 435 g/mol. The van der Waals surface area contributed by atoms with E-state index in [2.05, 4.69) is 31.2 Å².